The fourth-order valence-electron chi connectivity index (χ4n) is 3.02. The number of aryl methyl sites for hydroxylation is 1. The Hall–Kier alpha value is -1.35. The second-order valence-electron chi connectivity index (χ2n) is 5.25. The number of nitrogens with two attached hydrogens (primary N) is 1. The molecular formula is C14H19N3. The molecule has 1 heterocycles. The number of para-hydroxylation sites is 1. The van der Waals surface area contributed by atoms with Crippen LogP contribution in [0.15, 0.2) is 18.2 Å². The summed E-state index contributed by atoms with van der Waals surface area (Å²) in [6.07, 6.45) is 4.88. The molecule has 1 saturated carbocycles. The molecule has 0 amide bonds. The van der Waals surface area contributed by atoms with Crippen LogP contribution in [0, 0.1) is 6.92 Å². The maximum Gasteiger partial charge on any atom is 0.114 e. The largest absolute Gasteiger partial charge is 0.341 e. The zero-order chi connectivity index (χ0) is 11.9. The van der Waals surface area contributed by atoms with Crippen LogP contribution in [0.4, 0.5) is 0 Å². The molecule has 0 spiro atoms. The normalized spacial score (nSPS) is 18.9. The first kappa shape index (κ1) is 10.8. The van der Waals surface area contributed by atoms with Gasteiger partial charge in [0.2, 0.25) is 0 Å². The number of imidazole rings is 1. The average Bonchev–Trinajstić information content (AvgIpc) is 2.96. The summed E-state index contributed by atoms with van der Waals surface area (Å²) >= 11 is 0. The molecule has 3 N–H and O–H groups in total. The van der Waals surface area contributed by atoms with E-state index in [0.29, 0.717) is 6.54 Å². The summed E-state index contributed by atoms with van der Waals surface area (Å²) in [6.45, 7) is 2.81. The van der Waals surface area contributed by atoms with Gasteiger partial charge in [-0.05, 0) is 31.4 Å². The van der Waals surface area contributed by atoms with Gasteiger partial charge in [-0.2, -0.15) is 0 Å². The number of aromatic amines is 1. The molecule has 0 aliphatic heterocycles. The first-order valence-electron chi connectivity index (χ1n) is 6.41. The van der Waals surface area contributed by atoms with Crippen LogP contribution in [-0.2, 0) is 5.41 Å². The molecule has 1 aliphatic rings. The lowest BCUT2D eigenvalue weighted by Crippen LogP contribution is -2.33. The van der Waals surface area contributed by atoms with Gasteiger partial charge in [0, 0.05) is 12.0 Å². The molecule has 1 fully saturated rings. The molecule has 3 heteroatoms. The predicted octanol–water partition coefficient (Wildman–Crippen LogP) is 2.64. The third kappa shape index (κ3) is 1.57. The van der Waals surface area contributed by atoms with Crippen molar-refractivity contribution in [2.24, 2.45) is 5.73 Å². The van der Waals surface area contributed by atoms with Crippen molar-refractivity contribution in [2.45, 2.75) is 38.0 Å². The molecule has 1 aromatic heterocycles. The standard InChI is InChI=1S/C14H19N3/c1-10-5-4-6-11-12(10)17-13(16-11)14(9-15)7-2-3-8-14/h4-6H,2-3,7-9,15H2,1H3,(H,16,17). The third-order valence-electron chi connectivity index (χ3n) is 4.17. The van der Waals surface area contributed by atoms with Gasteiger partial charge >= 0.3 is 0 Å². The molecule has 3 rings (SSSR count). The van der Waals surface area contributed by atoms with Gasteiger partial charge in [-0.25, -0.2) is 4.98 Å². The second-order valence-corrected chi connectivity index (χ2v) is 5.25. The zero-order valence-electron chi connectivity index (χ0n) is 10.3. The fourth-order valence-corrected chi connectivity index (χ4v) is 3.02. The molecule has 1 aromatic carbocycles. The average molecular weight is 229 g/mol. The van der Waals surface area contributed by atoms with Gasteiger partial charge in [-0.1, -0.05) is 25.0 Å². The number of nitrogens with zero attached hydrogens (tertiary/aromatic N) is 1. The molecule has 0 bridgehead atoms. The SMILES string of the molecule is Cc1cccc2[nH]c(C3(CN)CCCC3)nc12. The van der Waals surface area contributed by atoms with Crippen molar-refractivity contribution < 1.29 is 0 Å². The number of rotatable bonds is 2. The Morgan fingerprint density at radius 2 is 2.12 bits per heavy atom. The fraction of sp³-hybridized carbons (Fsp3) is 0.500. The van der Waals surface area contributed by atoms with E-state index < -0.39 is 0 Å². The Kier molecular flexibility index (Phi) is 2.44. The van der Waals surface area contributed by atoms with Crippen LogP contribution in [0.5, 0.6) is 0 Å². The first-order chi connectivity index (χ1) is 8.25. The van der Waals surface area contributed by atoms with Crippen molar-refractivity contribution in [2.75, 3.05) is 6.54 Å². The Morgan fingerprint density at radius 3 is 2.76 bits per heavy atom. The van der Waals surface area contributed by atoms with E-state index in [-0.39, 0.29) is 5.41 Å². The van der Waals surface area contributed by atoms with Crippen LogP contribution in [0.1, 0.15) is 37.1 Å². The van der Waals surface area contributed by atoms with E-state index in [1.165, 1.54) is 31.2 Å². The Bertz CT molecular complexity index is 535. The van der Waals surface area contributed by atoms with E-state index >= 15 is 0 Å². The van der Waals surface area contributed by atoms with Crippen molar-refractivity contribution in [1.29, 1.82) is 0 Å². The lowest BCUT2D eigenvalue weighted by molar-refractivity contribution is 0.430. The number of hydrogen-bond donors (Lipinski definition) is 2. The summed E-state index contributed by atoms with van der Waals surface area (Å²) in [5.41, 5.74) is 9.57. The number of hydrogen-bond acceptors (Lipinski definition) is 2. The maximum absolute atomic E-state index is 6.00. The van der Waals surface area contributed by atoms with E-state index in [2.05, 4.69) is 30.1 Å². The Balaban J connectivity index is 2.14. The Labute approximate surface area is 101 Å². The number of aromatic nitrogens is 2. The van der Waals surface area contributed by atoms with Gasteiger partial charge in [0.05, 0.1) is 11.0 Å². The van der Waals surface area contributed by atoms with Crippen molar-refractivity contribution in [3.63, 3.8) is 0 Å². The van der Waals surface area contributed by atoms with Gasteiger partial charge in [0.1, 0.15) is 5.82 Å². The summed E-state index contributed by atoms with van der Waals surface area (Å²) in [4.78, 5) is 8.28. The van der Waals surface area contributed by atoms with Crippen LogP contribution in [0.2, 0.25) is 0 Å². The van der Waals surface area contributed by atoms with Crippen LogP contribution in [0.3, 0.4) is 0 Å². The highest BCUT2D eigenvalue weighted by atomic mass is 15.0. The van der Waals surface area contributed by atoms with E-state index in [1.807, 2.05) is 0 Å². The topological polar surface area (TPSA) is 54.7 Å². The lowest BCUT2D eigenvalue weighted by atomic mass is 9.85. The number of benzene rings is 1. The van der Waals surface area contributed by atoms with Gasteiger partial charge < -0.3 is 10.7 Å². The molecule has 17 heavy (non-hydrogen) atoms. The number of nitrogens with one attached hydrogen (secondary N) is 1. The van der Waals surface area contributed by atoms with Gasteiger partial charge in [-0.15, -0.1) is 0 Å². The minimum Gasteiger partial charge on any atom is -0.341 e. The Morgan fingerprint density at radius 1 is 1.35 bits per heavy atom. The summed E-state index contributed by atoms with van der Waals surface area (Å²) in [5.74, 6) is 1.10. The van der Waals surface area contributed by atoms with E-state index in [4.69, 9.17) is 10.7 Å². The highest BCUT2D eigenvalue weighted by Gasteiger charge is 2.37. The molecule has 1 aliphatic carbocycles. The zero-order valence-corrected chi connectivity index (χ0v) is 10.3. The molecule has 0 atom stereocenters. The number of H-pyrrole nitrogens is 1. The quantitative estimate of drug-likeness (QED) is 0.831. The van der Waals surface area contributed by atoms with Gasteiger partial charge in [-0.3, -0.25) is 0 Å². The molecular weight excluding hydrogens is 210 g/mol. The monoisotopic (exact) mass is 229 g/mol. The van der Waals surface area contributed by atoms with Crippen LogP contribution in [-0.4, -0.2) is 16.5 Å². The molecule has 0 saturated heterocycles. The van der Waals surface area contributed by atoms with Crippen molar-refractivity contribution >= 4 is 11.0 Å². The van der Waals surface area contributed by atoms with E-state index in [9.17, 15) is 0 Å². The van der Waals surface area contributed by atoms with Crippen LogP contribution >= 0.6 is 0 Å². The van der Waals surface area contributed by atoms with Gasteiger partial charge in [0.15, 0.2) is 0 Å². The van der Waals surface area contributed by atoms with E-state index in [1.54, 1.807) is 0 Å². The summed E-state index contributed by atoms with van der Waals surface area (Å²) in [5, 5.41) is 0. The summed E-state index contributed by atoms with van der Waals surface area (Å²) in [6, 6.07) is 6.28. The summed E-state index contributed by atoms with van der Waals surface area (Å²) < 4.78 is 0. The van der Waals surface area contributed by atoms with Crippen molar-refractivity contribution in [3.8, 4) is 0 Å². The second kappa shape index (κ2) is 3.84. The van der Waals surface area contributed by atoms with Crippen LogP contribution < -0.4 is 5.73 Å². The lowest BCUT2D eigenvalue weighted by Gasteiger charge is -2.24. The molecule has 2 aromatic rings. The molecule has 90 valence electrons. The highest BCUT2D eigenvalue weighted by molar-refractivity contribution is 5.78. The van der Waals surface area contributed by atoms with E-state index in [0.717, 1.165) is 16.9 Å². The van der Waals surface area contributed by atoms with Crippen molar-refractivity contribution in [3.05, 3.63) is 29.6 Å². The van der Waals surface area contributed by atoms with Crippen molar-refractivity contribution in [1.82, 2.24) is 9.97 Å². The van der Waals surface area contributed by atoms with Crippen LogP contribution in [0.25, 0.3) is 11.0 Å². The molecule has 3 nitrogen and oxygen atoms in total. The maximum atomic E-state index is 6.00. The minimum absolute atomic E-state index is 0.103. The predicted molar refractivity (Wildman–Crippen MR) is 70.0 cm³/mol. The highest BCUT2D eigenvalue weighted by Crippen LogP contribution is 2.39. The number of fused-ring (bicyclic) bond motifs is 1. The third-order valence-corrected chi connectivity index (χ3v) is 4.17. The first-order valence-corrected chi connectivity index (χ1v) is 6.41. The molecule has 0 radical (unpaired) electrons. The molecule has 0 unspecified atom stereocenters. The summed E-state index contributed by atoms with van der Waals surface area (Å²) in [7, 11) is 0. The van der Waals surface area contributed by atoms with Gasteiger partial charge in [0.25, 0.3) is 0 Å². The minimum atomic E-state index is 0.103. The smallest absolute Gasteiger partial charge is 0.114 e.